The molecule has 0 saturated heterocycles. The van der Waals surface area contributed by atoms with Gasteiger partial charge in [0.05, 0.1) is 6.54 Å². The second kappa shape index (κ2) is 7.12. The smallest absolute Gasteiger partial charge is 0.119 e. The number of ether oxygens (including phenoxy) is 1. The minimum absolute atomic E-state index is 0.271. The van der Waals surface area contributed by atoms with Crippen LogP contribution in [0.3, 0.4) is 0 Å². The molecule has 0 saturated carbocycles. The summed E-state index contributed by atoms with van der Waals surface area (Å²) in [7, 11) is 0. The third kappa shape index (κ3) is 4.72. The second-order valence-corrected chi connectivity index (χ2v) is 4.92. The Morgan fingerprint density at radius 3 is 2.55 bits per heavy atom. The van der Waals surface area contributed by atoms with Gasteiger partial charge in [-0.3, -0.25) is 0 Å². The summed E-state index contributed by atoms with van der Waals surface area (Å²) < 4.78 is 10.9. The van der Waals surface area contributed by atoms with E-state index in [0.717, 1.165) is 17.3 Å². The van der Waals surface area contributed by atoms with E-state index in [0.29, 0.717) is 13.1 Å². The normalized spacial score (nSPS) is 12.3. The topological polar surface area (TPSA) is 54.6 Å². The van der Waals surface area contributed by atoms with E-state index in [9.17, 15) is 5.11 Å². The van der Waals surface area contributed by atoms with Gasteiger partial charge in [0.2, 0.25) is 0 Å². The lowest BCUT2D eigenvalue weighted by Gasteiger charge is -2.13. The summed E-state index contributed by atoms with van der Waals surface area (Å²) in [5, 5.41) is 13.0. The molecule has 0 bridgehead atoms. The van der Waals surface area contributed by atoms with E-state index in [1.54, 1.807) is 0 Å². The molecule has 1 aromatic heterocycles. The quantitative estimate of drug-likeness (QED) is 0.815. The predicted octanol–water partition coefficient (Wildman–Crippen LogP) is 2.43. The summed E-state index contributed by atoms with van der Waals surface area (Å²) in [6.45, 7) is 5.28. The van der Waals surface area contributed by atoms with E-state index in [1.807, 2.05) is 50.2 Å². The molecular weight excluding hydrogens is 254 g/mol. The minimum Gasteiger partial charge on any atom is -0.491 e. The fourth-order valence-corrected chi connectivity index (χ4v) is 1.83. The van der Waals surface area contributed by atoms with Gasteiger partial charge in [0.25, 0.3) is 0 Å². The van der Waals surface area contributed by atoms with Crippen LogP contribution in [0.5, 0.6) is 5.75 Å². The van der Waals surface area contributed by atoms with E-state index >= 15 is 0 Å². The van der Waals surface area contributed by atoms with Crippen LogP contribution in [0.2, 0.25) is 0 Å². The average Bonchev–Trinajstić information content (AvgIpc) is 2.84. The van der Waals surface area contributed by atoms with Crippen LogP contribution in [-0.4, -0.2) is 24.4 Å². The molecule has 20 heavy (non-hydrogen) atoms. The van der Waals surface area contributed by atoms with Gasteiger partial charge in [-0.15, -0.1) is 0 Å². The lowest BCUT2D eigenvalue weighted by Crippen LogP contribution is -2.31. The first-order valence-corrected chi connectivity index (χ1v) is 6.77. The van der Waals surface area contributed by atoms with Gasteiger partial charge < -0.3 is 19.6 Å². The Bertz CT molecular complexity index is 519. The summed E-state index contributed by atoms with van der Waals surface area (Å²) in [6.07, 6.45) is -0.549. The van der Waals surface area contributed by atoms with Crippen LogP contribution in [-0.2, 0) is 6.54 Å². The number of rotatable bonds is 7. The van der Waals surface area contributed by atoms with Gasteiger partial charge in [0.1, 0.15) is 30.0 Å². The van der Waals surface area contributed by atoms with E-state index in [-0.39, 0.29) is 6.61 Å². The highest BCUT2D eigenvalue weighted by atomic mass is 16.5. The molecule has 1 heterocycles. The number of benzene rings is 1. The SMILES string of the molecule is Cc1ccc(OCC(O)CNCc2ccc(C)o2)cc1. The number of hydrogen-bond donors (Lipinski definition) is 2. The summed E-state index contributed by atoms with van der Waals surface area (Å²) in [5.41, 5.74) is 1.19. The maximum absolute atomic E-state index is 9.83. The standard InChI is InChI=1S/C16H21NO3/c1-12-3-6-15(7-4-12)19-11-14(18)9-17-10-16-8-5-13(2)20-16/h3-8,14,17-18H,9-11H2,1-2H3. The minimum atomic E-state index is -0.549. The Kier molecular flexibility index (Phi) is 5.21. The maximum atomic E-state index is 9.83. The van der Waals surface area contributed by atoms with Crippen molar-refractivity contribution in [1.82, 2.24) is 5.32 Å². The average molecular weight is 275 g/mol. The maximum Gasteiger partial charge on any atom is 0.119 e. The predicted molar refractivity (Wildman–Crippen MR) is 77.8 cm³/mol. The Hall–Kier alpha value is -1.78. The van der Waals surface area contributed by atoms with Crippen molar-refractivity contribution in [2.24, 2.45) is 0 Å². The van der Waals surface area contributed by atoms with Gasteiger partial charge in [-0.2, -0.15) is 0 Å². The summed E-state index contributed by atoms with van der Waals surface area (Å²) >= 11 is 0. The third-order valence-corrected chi connectivity index (χ3v) is 2.94. The Morgan fingerprint density at radius 2 is 1.90 bits per heavy atom. The van der Waals surface area contributed by atoms with Gasteiger partial charge in [0, 0.05) is 6.54 Å². The van der Waals surface area contributed by atoms with Crippen molar-refractivity contribution in [1.29, 1.82) is 0 Å². The van der Waals surface area contributed by atoms with Crippen LogP contribution in [0.4, 0.5) is 0 Å². The van der Waals surface area contributed by atoms with E-state index < -0.39 is 6.10 Å². The van der Waals surface area contributed by atoms with Gasteiger partial charge in [-0.05, 0) is 38.1 Å². The molecule has 0 amide bonds. The molecule has 0 spiro atoms. The summed E-state index contributed by atoms with van der Waals surface area (Å²) in [4.78, 5) is 0. The van der Waals surface area contributed by atoms with Gasteiger partial charge >= 0.3 is 0 Å². The zero-order valence-electron chi connectivity index (χ0n) is 11.9. The van der Waals surface area contributed by atoms with Crippen LogP contribution in [0.25, 0.3) is 0 Å². The van der Waals surface area contributed by atoms with E-state index in [1.165, 1.54) is 5.56 Å². The molecule has 4 heteroatoms. The number of hydrogen-bond acceptors (Lipinski definition) is 4. The molecule has 4 nitrogen and oxygen atoms in total. The van der Waals surface area contributed by atoms with Crippen LogP contribution in [0.1, 0.15) is 17.1 Å². The molecule has 2 rings (SSSR count). The van der Waals surface area contributed by atoms with Crippen molar-refractivity contribution in [3.63, 3.8) is 0 Å². The molecule has 0 fully saturated rings. The first-order valence-electron chi connectivity index (χ1n) is 6.77. The Morgan fingerprint density at radius 1 is 1.15 bits per heavy atom. The molecule has 0 radical (unpaired) electrons. The monoisotopic (exact) mass is 275 g/mol. The molecule has 0 aliphatic carbocycles. The van der Waals surface area contributed by atoms with Crippen molar-refractivity contribution in [3.05, 3.63) is 53.5 Å². The van der Waals surface area contributed by atoms with Crippen LogP contribution >= 0.6 is 0 Å². The summed E-state index contributed by atoms with van der Waals surface area (Å²) in [5.74, 6) is 2.54. The van der Waals surface area contributed by atoms with Crippen LogP contribution in [0, 0.1) is 13.8 Å². The van der Waals surface area contributed by atoms with Gasteiger partial charge in [-0.25, -0.2) is 0 Å². The highest BCUT2D eigenvalue weighted by Crippen LogP contribution is 2.11. The van der Waals surface area contributed by atoms with Crippen molar-refractivity contribution >= 4 is 0 Å². The van der Waals surface area contributed by atoms with Crippen LogP contribution < -0.4 is 10.1 Å². The molecule has 1 aromatic carbocycles. The molecule has 2 N–H and O–H groups in total. The zero-order chi connectivity index (χ0) is 14.4. The van der Waals surface area contributed by atoms with Crippen molar-refractivity contribution in [2.45, 2.75) is 26.5 Å². The highest BCUT2D eigenvalue weighted by molar-refractivity contribution is 5.26. The zero-order valence-corrected chi connectivity index (χ0v) is 11.9. The largest absolute Gasteiger partial charge is 0.491 e. The number of nitrogens with one attached hydrogen (secondary N) is 1. The first kappa shape index (κ1) is 14.6. The molecule has 0 aliphatic heterocycles. The lowest BCUT2D eigenvalue weighted by atomic mass is 10.2. The fourth-order valence-electron chi connectivity index (χ4n) is 1.83. The molecule has 2 aromatic rings. The fraction of sp³-hybridized carbons (Fsp3) is 0.375. The first-order chi connectivity index (χ1) is 9.63. The van der Waals surface area contributed by atoms with Crippen molar-refractivity contribution < 1.29 is 14.3 Å². The van der Waals surface area contributed by atoms with Gasteiger partial charge in [-0.1, -0.05) is 17.7 Å². The lowest BCUT2D eigenvalue weighted by molar-refractivity contribution is 0.105. The van der Waals surface area contributed by atoms with Gasteiger partial charge in [0.15, 0.2) is 0 Å². The molecular formula is C16H21NO3. The van der Waals surface area contributed by atoms with E-state index in [2.05, 4.69) is 5.32 Å². The molecule has 108 valence electrons. The summed E-state index contributed by atoms with van der Waals surface area (Å²) in [6, 6.07) is 11.6. The number of aliphatic hydroxyl groups is 1. The molecule has 1 unspecified atom stereocenters. The third-order valence-electron chi connectivity index (χ3n) is 2.94. The van der Waals surface area contributed by atoms with Crippen molar-refractivity contribution in [2.75, 3.05) is 13.2 Å². The van der Waals surface area contributed by atoms with Crippen LogP contribution in [0.15, 0.2) is 40.8 Å². The van der Waals surface area contributed by atoms with E-state index in [4.69, 9.17) is 9.15 Å². The Labute approximate surface area is 119 Å². The molecule has 0 aliphatic rings. The highest BCUT2D eigenvalue weighted by Gasteiger charge is 2.06. The second-order valence-electron chi connectivity index (χ2n) is 4.92. The van der Waals surface area contributed by atoms with Crippen molar-refractivity contribution in [3.8, 4) is 5.75 Å². The Balaban J connectivity index is 1.65. The molecule has 1 atom stereocenters. The number of furan rings is 1. The number of aliphatic hydroxyl groups excluding tert-OH is 1. The number of aryl methyl sites for hydroxylation is 2.